The summed E-state index contributed by atoms with van der Waals surface area (Å²) in [6, 6.07) is 0. The molecule has 0 unspecified atom stereocenters. The molecule has 0 aliphatic heterocycles. The summed E-state index contributed by atoms with van der Waals surface area (Å²) in [5.74, 6) is 0. The Morgan fingerprint density at radius 2 is 2.21 bits per heavy atom. The molecule has 3 nitrogen and oxygen atoms in total. The molecule has 7 heteroatoms. The van der Waals surface area contributed by atoms with Gasteiger partial charge < -0.3 is 5.73 Å². The molecule has 0 aliphatic rings. The zero-order valence-electron chi connectivity index (χ0n) is 6.60. The highest BCUT2D eigenvalue weighted by atomic mass is 79.9. The number of alkyl halides is 2. The monoisotopic (exact) mass is 284 g/mol. The van der Waals surface area contributed by atoms with Gasteiger partial charge in [-0.25, -0.2) is 13.8 Å². The molecule has 76 valence electrons. The number of carbonyl (C=O) groups is 1. The molecule has 0 bridgehead atoms. The minimum atomic E-state index is -2.74. The van der Waals surface area contributed by atoms with E-state index >= 15 is 0 Å². The van der Waals surface area contributed by atoms with Crippen LogP contribution in [0.25, 0.3) is 0 Å². The molecule has 0 atom stereocenters. The average molecular weight is 285 g/mol. The van der Waals surface area contributed by atoms with Crippen LogP contribution in [-0.4, -0.2) is 10.2 Å². The largest absolute Gasteiger partial charge is 0.397 e. The van der Waals surface area contributed by atoms with Crippen LogP contribution in [0.5, 0.6) is 0 Å². The quantitative estimate of drug-likeness (QED) is 0.850. The molecule has 1 rings (SSSR count). The van der Waals surface area contributed by atoms with E-state index in [1.54, 1.807) is 0 Å². The molecule has 0 saturated heterocycles. The third-order valence-corrected chi connectivity index (χ3v) is 2.49. The third kappa shape index (κ3) is 2.01. The van der Waals surface area contributed by atoms with Gasteiger partial charge in [0.05, 0.1) is 15.7 Å². The maximum Gasteiger partial charge on any atom is 0.272 e. The number of nitrogens with zero attached hydrogens (tertiary/aromatic N) is 1. The normalized spacial score (nSPS) is 10.6. The van der Waals surface area contributed by atoms with Gasteiger partial charge in [-0.05, 0) is 27.5 Å². The van der Waals surface area contributed by atoms with Crippen molar-refractivity contribution in [3.63, 3.8) is 0 Å². The van der Waals surface area contributed by atoms with Gasteiger partial charge in [0.15, 0.2) is 0 Å². The summed E-state index contributed by atoms with van der Waals surface area (Å²) >= 11 is 8.01. The third-order valence-electron chi connectivity index (χ3n) is 1.51. The number of pyridine rings is 1. The van der Waals surface area contributed by atoms with Gasteiger partial charge in [0, 0.05) is 6.20 Å². The van der Waals surface area contributed by atoms with Gasteiger partial charge in [0.1, 0.15) is 5.69 Å². The topological polar surface area (TPSA) is 56.0 Å². The van der Waals surface area contributed by atoms with Crippen molar-refractivity contribution in [1.29, 1.82) is 0 Å². The number of anilines is 1. The first-order valence-electron chi connectivity index (χ1n) is 3.37. The Labute approximate surface area is 91.4 Å². The zero-order valence-corrected chi connectivity index (χ0v) is 8.94. The van der Waals surface area contributed by atoms with E-state index < -0.39 is 17.2 Å². The highest BCUT2D eigenvalue weighted by Crippen LogP contribution is 2.32. The van der Waals surface area contributed by atoms with Crippen LogP contribution >= 0.6 is 27.5 Å². The van der Waals surface area contributed by atoms with Crippen molar-refractivity contribution in [3.8, 4) is 0 Å². The number of nitrogen functional groups attached to an aromatic ring is 1. The Balaban J connectivity index is 3.33. The van der Waals surface area contributed by atoms with Gasteiger partial charge in [0.2, 0.25) is 0 Å². The van der Waals surface area contributed by atoms with Gasteiger partial charge in [-0.1, -0.05) is 0 Å². The van der Waals surface area contributed by atoms with Crippen LogP contribution in [0.1, 0.15) is 22.5 Å². The van der Waals surface area contributed by atoms with Crippen LogP contribution < -0.4 is 5.73 Å². The number of nitrogens with two attached hydrogens (primary N) is 1. The van der Waals surface area contributed by atoms with Crippen molar-refractivity contribution in [2.24, 2.45) is 0 Å². The SMILES string of the molecule is Nc1c(C(F)F)cnc(C(=O)Cl)c1Br. The Kier molecular flexibility index (Phi) is 3.38. The Morgan fingerprint density at radius 3 is 2.64 bits per heavy atom. The summed E-state index contributed by atoms with van der Waals surface area (Å²) in [4.78, 5) is 14.2. The fourth-order valence-corrected chi connectivity index (χ4v) is 1.59. The van der Waals surface area contributed by atoms with Crippen LogP contribution in [0.15, 0.2) is 10.7 Å². The van der Waals surface area contributed by atoms with Crippen LogP contribution in [0, 0.1) is 0 Å². The fourth-order valence-electron chi connectivity index (χ4n) is 0.826. The van der Waals surface area contributed by atoms with E-state index in [0.29, 0.717) is 0 Å². The van der Waals surface area contributed by atoms with Crippen molar-refractivity contribution in [1.82, 2.24) is 4.98 Å². The Hall–Kier alpha value is -0.750. The highest BCUT2D eigenvalue weighted by Gasteiger charge is 2.19. The molecule has 0 aliphatic carbocycles. The van der Waals surface area contributed by atoms with E-state index in [4.69, 9.17) is 17.3 Å². The second kappa shape index (κ2) is 4.18. The van der Waals surface area contributed by atoms with E-state index in [1.165, 1.54) is 0 Å². The summed E-state index contributed by atoms with van der Waals surface area (Å²) in [5, 5.41) is -0.857. The highest BCUT2D eigenvalue weighted by molar-refractivity contribution is 9.10. The maximum absolute atomic E-state index is 12.3. The minimum Gasteiger partial charge on any atom is -0.397 e. The summed E-state index contributed by atoms with van der Waals surface area (Å²) in [6.07, 6.45) is -1.90. The molecule has 0 radical (unpaired) electrons. The van der Waals surface area contributed by atoms with Crippen LogP contribution in [0.2, 0.25) is 0 Å². The van der Waals surface area contributed by atoms with E-state index in [-0.39, 0.29) is 15.9 Å². The first-order valence-corrected chi connectivity index (χ1v) is 4.54. The van der Waals surface area contributed by atoms with Crippen molar-refractivity contribution < 1.29 is 13.6 Å². The van der Waals surface area contributed by atoms with Gasteiger partial charge in [0.25, 0.3) is 11.7 Å². The number of halogens is 4. The number of carbonyl (C=O) groups excluding carboxylic acids is 1. The van der Waals surface area contributed by atoms with Crippen molar-refractivity contribution in [2.45, 2.75) is 6.43 Å². The molecule has 0 saturated carbocycles. The van der Waals surface area contributed by atoms with Crippen LogP contribution in [0.3, 0.4) is 0 Å². The molecule has 1 aromatic heterocycles. The molecule has 14 heavy (non-hydrogen) atoms. The summed E-state index contributed by atoms with van der Waals surface area (Å²) < 4.78 is 24.6. The Bertz CT molecular complexity index is 386. The van der Waals surface area contributed by atoms with Crippen LogP contribution in [0.4, 0.5) is 14.5 Å². The van der Waals surface area contributed by atoms with Gasteiger partial charge in [-0.15, -0.1) is 0 Å². The van der Waals surface area contributed by atoms with Crippen molar-refractivity contribution in [2.75, 3.05) is 5.73 Å². The first kappa shape index (κ1) is 11.3. The molecule has 0 spiro atoms. The lowest BCUT2D eigenvalue weighted by atomic mass is 10.2. The van der Waals surface area contributed by atoms with Gasteiger partial charge in [-0.3, -0.25) is 4.79 Å². The van der Waals surface area contributed by atoms with E-state index in [2.05, 4.69) is 20.9 Å². The van der Waals surface area contributed by atoms with E-state index in [0.717, 1.165) is 6.20 Å². The molecular weight excluding hydrogens is 281 g/mol. The number of aromatic nitrogens is 1. The smallest absolute Gasteiger partial charge is 0.272 e. The second-order valence-corrected chi connectivity index (χ2v) is 3.50. The zero-order chi connectivity index (χ0) is 10.9. The molecule has 1 heterocycles. The summed E-state index contributed by atoms with van der Waals surface area (Å²) in [7, 11) is 0. The number of hydrogen-bond donors (Lipinski definition) is 1. The summed E-state index contributed by atoms with van der Waals surface area (Å²) in [6.45, 7) is 0. The molecule has 2 N–H and O–H groups in total. The average Bonchev–Trinajstić information content (AvgIpc) is 2.08. The molecular formula is C7H4BrClF2N2O. The van der Waals surface area contributed by atoms with E-state index in [1.807, 2.05) is 0 Å². The van der Waals surface area contributed by atoms with E-state index in [9.17, 15) is 13.6 Å². The maximum atomic E-state index is 12.3. The molecule has 0 fully saturated rings. The first-order chi connectivity index (χ1) is 6.45. The number of rotatable bonds is 2. The Morgan fingerprint density at radius 1 is 1.64 bits per heavy atom. The lowest BCUT2D eigenvalue weighted by Crippen LogP contribution is -2.04. The summed E-state index contributed by atoms with van der Waals surface area (Å²) in [5.41, 5.74) is 4.52. The second-order valence-electron chi connectivity index (χ2n) is 2.36. The molecule has 0 aromatic carbocycles. The fraction of sp³-hybridized carbons (Fsp3) is 0.143. The predicted octanol–water partition coefficient (Wildman–Crippen LogP) is 2.74. The lowest BCUT2D eigenvalue weighted by molar-refractivity contribution is 0.107. The molecule has 1 aromatic rings. The van der Waals surface area contributed by atoms with Gasteiger partial charge >= 0.3 is 0 Å². The standard InChI is InChI=1S/C7H4BrClF2N2O/c8-3-4(12)2(7(10)11)1-13-5(3)6(9)14/h1,7H,(H2,12,13). The predicted molar refractivity (Wildman–Crippen MR) is 51.5 cm³/mol. The minimum absolute atomic E-state index is 0.00435. The van der Waals surface area contributed by atoms with Crippen molar-refractivity contribution >= 4 is 38.5 Å². The van der Waals surface area contributed by atoms with Crippen LogP contribution in [-0.2, 0) is 0 Å². The molecule has 0 amide bonds. The number of hydrogen-bond acceptors (Lipinski definition) is 3. The van der Waals surface area contributed by atoms with Crippen molar-refractivity contribution in [3.05, 3.63) is 21.9 Å². The lowest BCUT2D eigenvalue weighted by Gasteiger charge is -2.07. The van der Waals surface area contributed by atoms with Gasteiger partial charge in [-0.2, -0.15) is 0 Å².